The van der Waals surface area contributed by atoms with Gasteiger partial charge in [-0.2, -0.15) is 0 Å². The SMILES string of the molecule is CCCN(C)c1nc(N)c(C(=O)N(CC)CC)s1. The van der Waals surface area contributed by atoms with Crippen molar-refractivity contribution in [3.8, 4) is 0 Å². The van der Waals surface area contributed by atoms with Crippen molar-refractivity contribution in [3.63, 3.8) is 0 Å². The van der Waals surface area contributed by atoms with Crippen LogP contribution in [0.2, 0.25) is 0 Å². The molecule has 0 radical (unpaired) electrons. The zero-order valence-corrected chi connectivity index (χ0v) is 12.4. The number of amides is 1. The summed E-state index contributed by atoms with van der Waals surface area (Å²) < 4.78 is 0. The number of carbonyl (C=O) groups is 1. The summed E-state index contributed by atoms with van der Waals surface area (Å²) in [5, 5.41) is 0.810. The van der Waals surface area contributed by atoms with Crippen molar-refractivity contribution in [1.29, 1.82) is 0 Å². The van der Waals surface area contributed by atoms with Crippen LogP contribution in [-0.2, 0) is 0 Å². The molecule has 18 heavy (non-hydrogen) atoms. The summed E-state index contributed by atoms with van der Waals surface area (Å²) in [6.45, 7) is 8.31. The zero-order chi connectivity index (χ0) is 13.7. The number of hydrogen-bond donors (Lipinski definition) is 1. The van der Waals surface area contributed by atoms with E-state index in [0.717, 1.165) is 18.1 Å². The molecule has 0 aromatic carbocycles. The van der Waals surface area contributed by atoms with Gasteiger partial charge in [0, 0.05) is 26.7 Å². The highest BCUT2D eigenvalue weighted by atomic mass is 32.1. The number of nitrogens with zero attached hydrogens (tertiary/aromatic N) is 3. The lowest BCUT2D eigenvalue weighted by atomic mass is 10.4. The van der Waals surface area contributed by atoms with Crippen molar-refractivity contribution in [2.75, 3.05) is 37.3 Å². The van der Waals surface area contributed by atoms with Crippen molar-refractivity contribution in [3.05, 3.63) is 4.88 Å². The molecule has 0 unspecified atom stereocenters. The van der Waals surface area contributed by atoms with Crippen molar-refractivity contribution in [2.24, 2.45) is 0 Å². The lowest BCUT2D eigenvalue weighted by Crippen LogP contribution is -2.30. The lowest BCUT2D eigenvalue weighted by molar-refractivity contribution is 0.0778. The first kappa shape index (κ1) is 14.8. The van der Waals surface area contributed by atoms with Crippen LogP contribution in [0.15, 0.2) is 0 Å². The summed E-state index contributed by atoms with van der Waals surface area (Å²) in [7, 11) is 1.97. The van der Waals surface area contributed by atoms with E-state index in [0.29, 0.717) is 23.8 Å². The summed E-state index contributed by atoms with van der Waals surface area (Å²) in [6.07, 6.45) is 1.04. The van der Waals surface area contributed by atoms with Crippen LogP contribution in [0.1, 0.15) is 36.9 Å². The third-order valence-electron chi connectivity index (χ3n) is 2.77. The third kappa shape index (κ3) is 3.13. The number of rotatable bonds is 6. The molecule has 0 saturated heterocycles. The molecule has 1 rings (SSSR count). The predicted octanol–water partition coefficient (Wildman–Crippen LogP) is 2.05. The second-order valence-electron chi connectivity index (χ2n) is 4.11. The summed E-state index contributed by atoms with van der Waals surface area (Å²) in [6, 6.07) is 0. The van der Waals surface area contributed by atoms with E-state index >= 15 is 0 Å². The second kappa shape index (κ2) is 6.58. The molecule has 0 saturated carbocycles. The Morgan fingerprint density at radius 3 is 2.44 bits per heavy atom. The van der Waals surface area contributed by atoms with Gasteiger partial charge >= 0.3 is 0 Å². The lowest BCUT2D eigenvalue weighted by Gasteiger charge is -2.17. The second-order valence-corrected chi connectivity index (χ2v) is 5.09. The van der Waals surface area contributed by atoms with Gasteiger partial charge in [-0.1, -0.05) is 18.3 Å². The van der Waals surface area contributed by atoms with Crippen molar-refractivity contribution >= 4 is 28.2 Å². The summed E-state index contributed by atoms with van der Waals surface area (Å²) in [5.41, 5.74) is 5.85. The fourth-order valence-electron chi connectivity index (χ4n) is 1.72. The van der Waals surface area contributed by atoms with Gasteiger partial charge in [0.1, 0.15) is 10.7 Å². The highest BCUT2D eigenvalue weighted by Gasteiger charge is 2.21. The molecule has 102 valence electrons. The van der Waals surface area contributed by atoms with E-state index in [1.165, 1.54) is 11.3 Å². The van der Waals surface area contributed by atoms with Gasteiger partial charge in [0.05, 0.1) is 0 Å². The number of anilines is 2. The van der Waals surface area contributed by atoms with Crippen LogP contribution in [-0.4, -0.2) is 42.5 Å². The molecule has 6 heteroatoms. The normalized spacial score (nSPS) is 10.4. The molecule has 0 aliphatic rings. The molecule has 0 aliphatic carbocycles. The zero-order valence-electron chi connectivity index (χ0n) is 11.6. The van der Waals surface area contributed by atoms with E-state index in [2.05, 4.69) is 11.9 Å². The molecule has 1 heterocycles. The van der Waals surface area contributed by atoms with E-state index in [1.54, 1.807) is 4.90 Å². The number of nitrogen functional groups attached to an aromatic ring is 1. The average molecular weight is 270 g/mol. The predicted molar refractivity (Wildman–Crippen MR) is 77.3 cm³/mol. The fraction of sp³-hybridized carbons (Fsp3) is 0.667. The van der Waals surface area contributed by atoms with Gasteiger partial charge in [0.15, 0.2) is 5.13 Å². The molecule has 0 fully saturated rings. The molecule has 2 N–H and O–H groups in total. The summed E-state index contributed by atoms with van der Waals surface area (Å²) >= 11 is 1.37. The Labute approximate surface area is 113 Å². The molecule has 1 aromatic heterocycles. The smallest absolute Gasteiger partial charge is 0.267 e. The minimum absolute atomic E-state index is 0.0221. The van der Waals surface area contributed by atoms with Crippen molar-refractivity contribution in [2.45, 2.75) is 27.2 Å². The van der Waals surface area contributed by atoms with Crippen molar-refractivity contribution in [1.82, 2.24) is 9.88 Å². The first-order valence-corrected chi connectivity index (χ1v) is 7.13. The maximum Gasteiger partial charge on any atom is 0.267 e. The molecule has 1 amide bonds. The Bertz CT molecular complexity index is 401. The Morgan fingerprint density at radius 1 is 1.33 bits per heavy atom. The molecule has 5 nitrogen and oxygen atoms in total. The monoisotopic (exact) mass is 270 g/mol. The first-order chi connectivity index (χ1) is 8.54. The number of nitrogens with two attached hydrogens (primary N) is 1. The van der Waals surface area contributed by atoms with E-state index in [4.69, 9.17) is 5.73 Å². The van der Waals surface area contributed by atoms with Gasteiger partial charge < -0.3 is 15.5 Å². The van der Waals surface area contributed by atoms with Crippen molar-refractivity contribution < 1.29 is 4.79 Å². The van der Waals surface area contributed by atoms with Crippen LogP contribution in [0.5, 0.6) is 0 Å². The maximum atomic E-state index is 12.2. The van der Waals surface area contributed by atoms with Gasteiger partial charge in [0.25, 0.3) is 5.91 Å². The van der Waals surface area contributed by atoms with Gasteiger partial charge in [-0.15, -0.1) is 0 Å². The van der Waals surface area contributed by atoms with E-state index in [1.807, 2.05) is 25.8 Å². The molecule has 0 bridgehead atoms. The Morgan fingerprint density at radius 2 is 1.94 bits per heavy atom. The Kier molecular flexibility index (Phi) is 5.40. The molecular weight excluding hydrogens is 248 g/mol. The maximum absolute atomic E-state index is 12.2. The molecule has 0 atom stereocenters. The van der Waals surface area contributed by atoms with Gasteiger partial charge in [-0.3, -0.25) is 4.79 Å². The van der Waals surface area contributed by atoms with Crippen LogP contribution in [0.3, 0.4) is 0 Å². The standard InChI is InChI=1S/C12H22N4OS/c1-5-8-15(4)12-14-10(13)9(18-12)11(17)16(6-2)7-3/h5-8,13H2,1-4H3. The van der Waals surface area contributed by atoms with E-state index in [-0.39, 0.29) is 5.91 Å². The first-order valence-electron chi connectivity index (χ1n) is 6.31. The summed E-state index contributed by atoms with van der Waals surface area (Å²) in [5.74, 6) is 0.320. The molecule has 0 spiro atoms. The van der Waals surface area contributed by atoms with E-state index in [9.17, 15) is 4.79 Å². The molecule has 0 aliphatic heterocycles. The number of thiazole rings is 1. The largest absolute Gasteiger partial charge is 0.382 e. The van der Waals surface area contributed by atoms with Crippen LogP contribution in [0, 0.1) is 0 Å². The van der Waals surface area contributed by atoms with Gasteiger partial charge in [-0.25, -0.2) is 4.98 Å². The molecular formula is C12H22N4OS. The van der Waals surface area contributed by atoms with Crippen LogP contribution in [0.4, 0.5) is 10.9 Å². The van der Waals surface area contributed by atoms with Crippen LogP contribution < -0.4 is 10.6 Å². The third-order valence-corrected chi connectivity index (χ3v) is 3.95. The molecule has 1 aromatic rings. The highest BCUT2D eigenvalue weighted by molar-refractivity contribution is 7.18. The fourth-order valence-corrected chi connectivity index (χ4v) is 2.66. The summed E-state index contributed by atoms with van der Waals surface area (Å²) in [4.78, 5) is 20.8. The minimum Gasteiger partial charge on any atom is -0.382 e. The van der Waals surface area contributed by atoms with Gasteiger partial charge in [0.2, 0.25) is 0 Å². The Hall–Kier alpha value is -1.30. The minimum atomic E-state index is -0.0221. The average Bonchev–Trinajstić information content (AvgIpc) is 2.73. The van der Waals surface area contributed by atoms with Gasteiger partial charge in [-0.05, 0) is 20.3 Å². The van der Waals surface area contributed by atoms with Crippen LogP contribution >= 0.6 is 11.3 Å². The number of aromatic nitrogens is 1. The van der Waals surface area contributed by atoms with E-state index < -0.39 is 0 Å². The highest BCUT2D eigenvalue weighted by Crippen LogP contribution is 2.28. The Balaban J connectivity index is 2.93. The number of carbonyl (C=O) groups excluding carboxylic acids is 1. The topological polar surface area (TPSA) is 62.5 Å². The number of hydrogen-bond acceptors (Lipinski definition) is 5. The van der Waals surface area contributed by atoms with Crippen LogP contribution in [0.25, 0.3) is 0 Å². The quantitative estimate of drug-likeness (QED) is 0.859.